The molecule has 0 aliphatic rings. The predicted molar refractivity (Wildman–Crippen MR) is 109 cm³/mol. The summed E-state index contributed by atoms with van der Waals surface area (Å²) in [7, 11) is 0. The molecule has 0 aliphatic heterocycles. The summed E-state index contributed by atoms with van der Waals surface area (Å²) in [5.74, 6) is 0.555. The molecule has 3 rings (SSSR count). The second-order valence-electron chi connectivity index (χ2n) is 6.44. The molecule has 0 aliphatic carbocycles. The molecule has 0 spiro atoms. The van der Waals surface area contributed by atoms with E-state index in [1.165, 1.54) is 5.69 Å². The number of carbonyl (C=O) groups excluding carboxylic acids is 1. The molecule has 1 aromatic heterocycles. The molecule has 2 aromatic carbocycles. The van der Waals surface area contributed by atoms with Crippen LogP contribution in [0.3, 0.4) is 0 Å². The molecule has 0 radical (unpaired) electrons. The van der Waals surface area contributed by atoms with Crippen LogP contribution in [0.2, 0.25) is 0 Å². The Morgan fingerprint density at radius 2 is 1.81 bits per heavy atom. The van der Waals surface area contributed by atoms with E-state index in [9.17, 15) is 4.79 Å². The van der Waals surface area contributed by atoms with Crippen LogP contribution in [0, 0.1) is 6.92 Å². The summed E-state index contributed by atoms with van der Waals surface area (Å²) in [6, 6.07) is 17.6. The van der Waals surface area contributed by atoms with Gasteiger partial charge in [-0.2, -0.15) is 0 Å². The van der Waals surface area contributed by atoms with Gasteiger partial charge >= 0.3 is 0 Å². The van der Waals surface area contributed by atoms with Crippen molar-refractivity contribution in [1.29, 1.82) is 0 Å². The zero-order valence-corrected chi connectivity index (χ0v) is 16.0. The fourth-order valence-corrected chi connectivity index (χ4v) is 3.07. The van der Waals surface area contributed by atoms with E-state index < -0.39 is 0 Å². The van der Waals surface area contributed by atoms with Crippen LogP contribution in [-0.2, 0) is 11.2 Å². The molecule has 0 saturated carbocycles. The van der Waals surface area contributed by atoms with E-state index in [1.807, 2.05) is 55.5 Å². The van der Waals surface area contributed by atoms with Crippen molar-refractivity contribution >= 4 is 17.3 Å². The largest absolute Gasteiger partial charge is 0.372 e. The first-order valence-electron chi connectivity index (χ1n) is 9.27. The van der Waals surface area contributed by atoms with Crippen molar-refractivity contribution in [3.05, 3.63) is 65.9 Å². The highest BCUT2D eigenvalue weighted by Gasteiger charge is 2.12. The summed E-state index contributed by atoms with van der Waals surface area (Å²) in [5.41, 5.74) is 4.59. The summed E-state index contributed by atoms with van der Waals surface area (Å²) in [4.78, 5) is 14.7. The van der Waals surface area contributed by atoms with Gasteiger partial charge in [0.15, 0.2) is 5.76 Å². The third kappa shape index (κ3) is 4.56. The van der Waals surface area contributed by atoms with Gasteiger partial charge in [0, 0.05) is 36.1 Å². The van der Waals surface area contributed by atoms with Gasteiger partial charge in [-0.25, -0.2) is 0 Å². The maximum atomic E-state index is 12.4. The number of benzene rings is 2. The fraction of sp³-hybridized carbons (Fsp3) is 0.273. The summed E-state index contributed by atoms with van der Waals surface area (Å²) in [6.45, 7) is 8.19. The van der Waals surface area contributed by atoms with Crippen LogP contribution in [0.15, 0.2) is 59.1 Å². The minimum absolute atomic E-state index is 0.110. The average Bonchev–Trinajstić information content (AvgIpc) is 3.14. The Bertz CT molecular complexity index is 899. The SMILES string of the molecule is CCN(CC)c1ccc(NC(=O)Cc2cc(-c3ccccc3)on2)c(C)c1. The lowest BCUT2D eigenvalue weighted by Crippen LogP contribution is -2.22. The first-order valence-corrected chi connectivity index (χ1v) is 9.27. The van der Waals surface area contributed by atoms with Crippen molar-refractivity contribution in [2.24, 2.45) is 0 Å². The highest BCUT2D eigenvalue weighted by molar-refractivity contribution is 5.93. The van der Waals surface area contributed by atoms with E-state index in [1.54, 1.807) is 0 Å². The molecule has 140 valence electrons. The van der Waals surface area contributed by atoms with E-state index in [2.05, 4.69) is 35.3 Å². The van der Waals surface area contributed by atoms with Gasteiger partial charge in [-0.05, 0) is 44.5 Å². The molecule has 27 heavy (non-hydrogen) atoms. The van der Waals surface area contributed by atoms with Gasteiger partial charge in [-0.3, -0.25) is 4.79 Å². The number of aryl methyl sites for hydroxylation is 1. The number of hydrogen-bond acceptors (Lipinski definition) is 4. The highest BCUT2D eigenvalue weighted by atomic mass is 16.5. The Balaban J connectivity index is 1.65. The lowest BCUT2D eigenvalue weighted by molar-refractivity contribution is -0.115. The molecule has 5 nitrogen and oxygen atoms in total. The fourth-order valence-electron chi connectivity index (χ4n) is 3.07. The molecular formula is C22H25N3O2. The molecule has 0 saturated heterocycles. The first-order chi connectivity index (χ1) is 13.1. The van der Waals surface area contributed by atoms with Gasteiger partial charge in [-0.15, -0.1) is 0 Å². The Morgan fingerprint density at radius 3 is 2.48 bits per heavy atom. The van der Waals surface area contributed by atoms with Crippen LogP contribution < -0.4 is 10.2 Å². The number of nitrogens with one attached hydrogen (secondary N) is 1. The number of rotatable bonds is 7. The quantitative estimate of drug-likeness (QED) is 0.662. The standard InChI is InChI=1S/C22H25N3O2/c1-4-25(5-2)19-11-12-20(16(3)13-19)23-22(26)15-18-14-21(27-24-18)17-9-7-6-8-10-17/h6-14H,4-5,15H2,1-3H3,(H,23,26). The zero-order chi connectivity index (χ0) is 19.2. The van der Waals surface area contributed by atoms with Crippen molar-refractivity contribution in [2.45, 2.75) is 27.2 Å². The molecule has 5 heteroatoms. The van der Waals surface area contributed by atoms with Gasteiger partial charge < -0.3 is 14.7 Å². The third-order valence-electron chi connectivity index (χ3n) is 4.57. The van der Waals surface area contributed by atoms with Crippen LogP contribution in [0.4, 0.5) is 11.4 Å². The van der Waals surface area contributed by atoms with Crippen molar-refractivity contribution in [3.8, 4) is 11.3 Å². The zero-order valence-electron chi connectivity index (χ0n) is 16.0. The second-order valence-corrected chi connectivity index (χ2v) is 6.44. The highest BCUT2D eigenvalue weighted by Crippen LogP contribution is 2.23. The van der Waals surface area contributed by atoms with E-state index in [0.29, 0.717) is 11.5 Å². The molecule has 1 heterocycles. The Morgan fingerprint density at radius 1 is 1.07 bits per heavy atom. The topological polar surface area (TPSA) is 58.4 Å². The minimum Gasteiger partial charge on any atom is -0.372 e. The summed E-state index contributed by atoms with van der Waals surface area (Å²) in [5, 5.41) is 6.98. The molecular weight excluding hydrogens is 338 g/mol. The molecule has 1 amide bonds. The number of aromatic nitrogens is 1. The monoisotopic (exact) mass is 363 g/mol. The van der Waals surface area contributed by atoms with Gasteiger partial charge in [0.25, 0.3) is 0 Å². The smallest absolute Gasteiger partial charge is 0.230 e. The lowest BCUT2D eigenvalue weighted by Gasteiger charge is -2.22. The molecule has 0 atom stereocenters. The van der Waals surface area contributed by atoms with Crippen LogP contribution in [-0.4, -0.2) is 24.2 Å². The summed E-state index contributed by atoms with van der Waals surface area (Å²) in [6.07, 6.45) is 0.174. The van der Waals surface area contributed by atoms with E-state index >= 15 is 0 Å². The van der Waals surface area contributed by atoms with Crippen molar-refractivity contribution in [3.63, 3.8) is 0 Å². The number of nitrogens with zero attached hydrogens (tertiary/aromatic N) is 2. The second kappa shape index (κ2) is 8.54. The molecule has 3 aromatic rings. The van der Waals surface area contributed by atoms with Crippen molar-refractivity contribution in [2.75, 3.05) is 23.3 Å². The van der Waals surface area contributed by atoms with Crippen LogP contribution in [0.25, 0.3) is 11.3 Å². The van der Waals surface area contributed by atoms with E-state index in [4.69, 9.17) is 4.52 Å². The molecule has 1 N–H and O–H groups in total. The van der Waals surface area contributed by atoms with E-state index in [-0.39, 0.29) is 12.3 Å². The summed E-state index contributed by atoms with van der Waals surface area (Å²) < 4.78 is 5.36. The molecule has 0 bridgehead atoms. The third-order valence-corrected chi connectivity index (χ3v) is 4.57. The number of amides is 1. The van der Waals surface area contributed by atoms with Crippen LogP contribution >= 0.6 is 0 Å². The minimum atomic E-state index is -0.110. The van der Waals surface area contributed by atoms with Crippen LogP contribution in [0.1, 0.15) is 25.1 Å². The Labute approximate surface area is 160 Å². The van der Waals surface area contributed by atoms with Gasteiger partial charge in [-0.1, -0.05) is 35.5 Å². The summed E-state index contributed by atoms with van der Waals surface area (Å²) >= 11 is 0. The maximum Gasteiger partial charge on any atom is 0.230 e. The Hall–Kier alpha value is -3.08. The van der Waals surface area contributed by atoms with Gasteiger partial charge in [0.1, 0.15) is 0 Å². The number of carbonyl (C=O) groups is 1. The van der Waals surface area contributed by atoms with Crippen molar-refractivity contribution < 1.29 is 9.32 Å². The number of anilines is 2. The van der Waals surface area contributed by atoms with Gasteiger partial charge in [0.05, 0.1) is 12.1 Å². The molecule has 0 fully saturated rings. The van der Waals surface area contributed by atoms with Crippen LogP contribution in [0.5, 0.6) is 0 Å². The molecule has 0 unspecified atom stereocenters. The lowest BCUT2D eigenvalue weighted by atomic mass is 10.1. The predicted octanol–water partition coefficient (Wildman–Crippen LogP) is 4.68. The number of hydrogen-bond donors (Lipinski definition) is 1. The van der Waals surface area contributed by atoms with Gasteiger partial charge in [0.2, 0.25) is 5.91 Å². The van der Waals surface area contributed by atoms with Crippen molar-refractivity contribution in [1.82, 2.24) is 5.16 Å². The van der Waals surface area contributed by atoms with E-state index in [0.717, 1.165) is 29.9 Å². The average molecular weight is 363 g/mol. The Kier molecular flexibility index (Phi) is 5.91. The maximum absolute atomic E-state index is 12.4. The first kappa shape index (κ1) is 18.7. The normalized spacial score (nSPS) is 10.6.